The first-order valence-corrected chi connectivity index (χ1v) is 9.74. The van der Waals surface area contributed by atoms with Gasteiger partial charge >= 0.3 is 0 Å². The van der Waals surface area contributed by atoms with E-state index in [4.69, 9.17) is 9.47 Å². The molecule has 2 heterocycles. The minimum absolute atomic E-state index is 0.386. The molecule has 1 aliphatic rings. The van der Waals surface area contributed by atoms with Crippen LogP contribution in [0.5, 0.6) is 11.5 Å². The van der Waals surface area contributed by atoms with E-state index in [1.54, 1.807) is 13.4 Å². The number of rotatable bonds is 6. The first kappa shape index (κ1) is 18.0. The van der Waals surface area contributed by atoms with E-state index in [1.807, 2.05) is 36.4 Å². The van der Waals surface area contributed by atoms with Crippen molar-refractivity contribution >= 4 is 38.3 Å². The van der Waals surface area contributed by atoms with Gasteiger partial charge in [-0.1, -0.05) is 22.0 Å². The summed E-state index contributed by atoms with van der Waals surface area (Å²) >= 11 is 3.49. The third-order valence-corrected chi connectivity index (χ3v) is 5.10. The van der Waals surface area contributed by atoms with Crippen LogP contribution in [-0.4, -0.2) is 36.3 Å². The maximum atomic E-state index is 6.07. The van der Waals surface area contributed by atoms with Gasteiger partial charge in [-0.05, 0) is 43.7 Å². The molecule has 1 fully saturated rings. The summed E-state index contributed by atoms with van der Waals surface area (Å²) in [4.78, 5) is 8.80. The molecule has 0 amide bonds. The Morgan fingerprint density at radius 2 is 2.15 bits per heavy atom. The quantitative estimate of drug-likeness (QED) is 0.610. The third kappa shape index (κ3) is 4.14. The van der Waals surface area contributed by atoms with E-state index < -0.39 is 0 Å². The lowest BCUT2D eigenvalue weighted by atomic mass is 10.2. The normalized spacial score (nSPS) is 16.4. The molecule has 0 aliphatic carbocycles. The van der Waals surface area contributed by atoms with Gasteiger partial charge in [0.15, 0.2) is 11.5 Å². The van der Waals surface area contributed by atoms with Crippen molar-refractivity contribution in [3.8, 4) is 11.5 Å². The summed E-state index contributed by atoms with van der Waals surface area (Å²) in [6, 6.07) is 12.2. The number of anilines is 2. The van der Waals surface area contributed by atoms with Crippen molar-refractivity contribution < 1.29 is 9.47 Å². The van der Waals surface area contributed by atoms with Gasteiger partial charge in [0, 0.05) is 27.7 Å². The molecule has 0 spiro atoms. The summed E-state index contributed by atoms with van der Waals surface area (Å²) < 4.78 is 12.6. The average Bonchev–Trinajstić information content (AvgIpc) is 3.19. The fraction of sp³-hybridized carbons (Fsp3) is 0.300. The van der Waals surface area contributed by atoms with E-state index in [9.17, 15) is 0 Å². The smallest absolute Gasteiger partial charge is 0.162 e. The van der Waals surface area contributed by atoms with Crippen LogP contribution in [0.2, 0.25) is 0 Å². The molecule has 1 saturated heterocycles. The Hall–Kier alpha value is -2.38. The van der Waals surface area contributed by atoms with Crippen molar-refractivity contribution in [1.82, 2.24) is 15.3 Å². The van der Waals surface area contributed by atoms with Crippen LogP contribution in [0, 0.1) is 0 Å². The number of fused-ring (bicyclic) bond motifs is 1. The van der Waals surface area contributed by atoms with Crippen molar-refractivity contribution in [3.63, 3.8) is 0 Å². The molecule has 27 heavy (non-hydrogen) atoms. The van der Waals surface area contributed by atoms with Gasteiger partial charge in [-0.3, -0.25) is 0 Å². The number of hydrogen-bond donors (Lipinski definition) is 2. The molecule has 0 bridgehead atoms. The van der Waals surface area contributed by atoms with Crippen LogP contribution in [0.25, 0.3) is 10.9 Å². The Morgan fingerprint density at radius 3 is 2.93 bits per heavy atom. The predicted molar refractivity (Wildman–Crippen MR) is 110 cm³/mol. The number of nitrogens with one attached hydrogen (secondary N) is 2. The molecule has 2 aromatic carbocycles. The lowest BCUT2D eigenvalue weighted by molar-refractivity contribution is 0.263. The van der Waals surface area contributed by atoms with Crippen LogP contribution in [-0.2, 0) is 0 Å². The Morgan fingerprint density at radius 1 is 1.22 bits per heavy atom. The second kappa shape index (κ2) is 8.10. The zero-order valence-corrected chi connectivity index (χ0v) is 16.6. The van der Waals surface area contributed by atoms with Crippen LogP contribution in [0.15, 0.2) is 47.2 Å². The van der Waals surface area contributed by atoms with Gasteiger partial charge in [-0.2, -0.15) is 0 Å². The molecule has 6 nitrogen and oxygen atoms in total. The Labute approximate surface area is 166 Å². The maximum absolute atomic E-state index is 6.07. The van der Waals surface area contributed by atoms with Gasteiger partial charge in [0.05, 0.1) is 12.6 Å². The summed E-state index contributed by atoms with van der Waals surface area (Å²) in [5.41, 5.74) is 1.74. The number of ether oxygens (including phenoxy) is 2. The van der Waals surface area contributed by atoms with Gasteiger partial charge in [-0.25, -0.2) is 9.97 Å². The summed E-state index contributed by atoms with van der Waals surface area (Å²) in [5, 5.41) is 7.69. The molecule has 0 saturated carbocycles. The summed E-state index contributed by atoms with van der Waals surface area (Å²) in [5.74, 6) is 2.10. The predicted octanol–water partition coefficient (Wildman–Crippen LogP) is 4.28. The van der Waals surface area contributed by atoms with Crippen LogP contribution >= 0.6 is 15.9 Å². The topological polar surface area (TPSA) is 68.3 Å². The van der Waals surface area contributed by atoms with Crippen LogP contribution < -0.4 is 20.1 Å². The van der Waals surface area contributed by atoms with Gasteiger partial charge in [0.25, 0.3) is 0 Å². The number of halogens is 1. The molecule has 0 radical (unpaired) electrons. The number of nitrogens with zero attached hydrogens (tertiary/aromatic N) is 2. The molecule has 1 aliphatic heterocycles. The minimum Gasteiger partial charge on any atom is -0.493 e. The van der Waals surface area contributed by atoms with Crippen LogP contribution in [0.4, 0.5) is 11.5 Å². The molecule has 3 aromatic rings. The van der Waals surface area contributed by atoms with Crippen molar-refractivity contribution in [2.75, 3.05) is 25.6 Å². The van der Waals surface area contributed by atoms with Crippen LogP contribution in [0.3, 0.4) is 0 Å². The molecule has 2 N–H and O–H groups in total. The SMILES string of the molecule is COc1cc2ncnc(Nc3cccc(Br)c3)c2cc1OC[C@H]1CCCN1. The van der Waals surface area contributed by atoms with Crippen molar-refractivity contribution in [2.24, 2.45) is 0 Å². The molecule has 1 aromatic heterocycles. The summed E-state index contributed by atoms with van der Waals surface area (Å²) in [6.07, 6.45) is 3.87. The van der Waals surface area contributed by atoms with E-state index >= 15 is 0 Å². The minimum atomic E-state index is 0.386. The zero-order chi connectivity index (χ0) is 18.6. The standard InChI is InChI=1S/C20H21BrN4O2/c1-26-18-10-17-16(9-19(18)27-11-15-6-3-7-22-15)20(24-12-23-17)25-14-5-2-4-13(21)8-14/h2,4-5,8-10,12,15,22H,3,6-7,11H2,1H3,(H,23,24,25)/t15-/m1/s1. The fourth-order valence-electron chi connectivity index (χ4n) is 3.23. The van der Waals surface area contributed by atoms with E-state index in [1.165, 1.54) is 6.42 Å². The second-order valence-corrected chi connectivity index (χ2v) is 7.40. The first-order chi connectivity index (χ1) is 13.2. The van der Waals surface area contributed by atoms with Gasteiger partial charge < -0.3 is 20.1 Å². The molecule has 7 heteroatoms. The molecule has 1 atom stereocenters. The largest absolute Gasteiger partial charge is 0.493 e. The summed E-state index contributed by atoms with van der Waals surface area (Å²) in [7, 11) is 1.64. The average molecular weight is 429 g/mol. The van der Waals surface area contributed by atoms with E-state index in [-0.39, 0.29) is 0 Å². The highest BCUT2D eigenvalue weighted by Crippen LogP contribution is 2.35. The fourth-order valence-corrected chi connectivity index (χ4v) is 3.63. The molecule has 0 unspecified atom stereocenters. The first-order valence-electron chi connectivity index (χ1n) is 8.94. The summed E-state index contributed by atoms with van der Waals surface area (Å²) in [6.45, 7) is 1.67. The molecular formula is C20H21BrN4O2. The highest BCUT2D eigenvalue weighted by atomic mass is 79.9. The molecule has 140 valence electrons. The van der Waals surface area contributed by atoms with E-state index in [0.29, 0.717) is 24.1 Å². The number of aromatic nitrogens is 2. The highest BCUT2D eigenvalue weighted by molar-refractivity contribution is 9.10. The van der Waals surface area contributed by atoms with E-state index in [0.717, 1.165) is 39.8 Å². The number of benzene rings is 2. The Bertz CT molecular complexity index is 944. The van der Waals surface area contributed by atoms with Crippen molar-refractivity contribution in [2.45, 2.75) is 18.9 Å². The number of hydrogen-bond acceptors (Lipinski definition) is 6. The lowest BCUT2D eigenvalue weighted by Gasteiger charge is -2.16. The Kier molecular flexibility index (Phi) is 5.40. The van der Waals surface area contributed by atoms with Crippen LogP contribution in [0.1, 0.15) is 12.8 Å². The highest BCUT2D eigenvalue weighted by Gasteiger charge is 2.17. The van der Waals surface area contributed by atoms with E-state index in [2.05, 4.69) is 36.5 Å². The van der Waals surface area contributed by atoms with Crippen molar-refractivity contribution in [1.29, 1.82) is 0 Å². The molecular weight excluding hydrogens is 408 g/mol. The third-order valence-electron chi connectivity index (χ3n) is 4.61. The monoisotopic (exact) mass is 428 g/mol. The van der Waals surface area contributed by atoms with Gasteiger partial charge in [0.1, 0.15) is 18.8 Å². The van der Waals surface area contributed by atoms with Gasteiger partial charge in [-0.15, -0.1) is 0 Å². The maximum Gasteiger partial charge on any atom is 0.162 e. The zero-order valence-electron chi connectivity index (χ0n) is 15.0. The Balaban J connectivity index is 1.66. The second-order valence-electron chi connectivity index (χ2n) is 6.48. The molecule has 4 rings (SSSR count). The van der Waals surface area contributed by atoms with Crippen molar-refractivity contribution in [3.05, 3.63) is 47.2 Å². The number of methoxy groups -OCH3 is 1. The lowest BCUT2D eigenvalue weighted by Crippen LogP contribution is -2.28. The van der Waals surface area contributed by atoms with Gasteiger partial charge in [0.2, 0.25) is 0 Å².